The number of carbonyl (C=O) groups is 1. The standard InChI is InChI=1S/C13H15N3O3S/c1-8(2)5-11-15-10(16-19-11)7-20-12-6-9(13(17)18)3-4-14-12/h3-4,6,8H,5,7H2,1-2H3,(H,17,18). The first-order valence-electron chi connectivity index (χ1n) is 6.18. The van der Waals surface area contributed by atoms with Crippen LogP contribution in [0.4, 0.5) is 0 Å². The number of carboxylic acids is 1. The Morgan fingerprint density at radius 1 is 1.50 bits per heavy atom. The monoisotopic (exact) mass is 293 g/mol. The van der Waals surface area contributed by atoms with Crippen LogP contribution in [0.2, 0.25) is 0 Å². The third-order valence-corrected chi connectivity index (χ3v) is 3.35. The quantitative estimate of drug-likeness (QED) is 0.819. The Kier molecular flexibility index (Phi) is 4.73. The van der Waals surface area contributed by atoms with Gasteiger partial charge in [0, 0.05) is 12.6 Å². The molecular weight excluding hydrogens is 278 g/mol. The summed E-state index contributed by atoms with van der Waals surface area (Å²) in [6.07, 6.45) is 2.23. The molecule has 0 bridgehead atoms. The summed E-state index contributed by atoms with van der Waals surface area (Å²) in [6.45, 7) is 4.17. The number of hydrogen-bond donors (Lipinski definition) is 1. The number of thioether (sulfide) groups is 1. The van der Waals surface area contributed by atoms with Gasteiger partial charge in [0.1, 0.15) is 0 Å². The Hall–Kier alpha value is -1.89. The largest absolute Gasteiger partial charge is 0.478 e. The molecule has 6 nitrogen and oxygen atoms in total. The number of aromatic carboxylic acids is 1. The lowest BCUT2D eigenvalue weighted by Crippen LogP contribution is -1.97. The highest BCUT2D eigenvalue weighted by molar-refractivity contribution is 7.98. The molecule has 2 heterocycles. The van der Waals surface area contributed by atoms with Crippen LogP contribution in [0.3, 0.4) is 0 Å². The summed E-state index contributed by atoms with van der Waals surface area (Å²) < 4.78 is 5.14. The van der Waals surface area contributed by atoms with Crippen molar-refractivity contribution >= 4 is 17.7 Å². The van der Waals surface area contributed by atoms with E-state index in [2.05, 4.69) is 29.0 Å². The summed E-state index contributed by atoms with van der Waals surface area (Å²) in [6, 6.07) is 2.99. The van der Waals surface area contributed by atoms with E-state index in [0.29, 0.717) is 28.4 Å². The molecule has 2 aromatic heterocycles. The van der Waals surface area contributed by atoms with Gasteiger partial charge in [-0.25, -0.2) is 9.78 Å². The summed E-state index contributed by atoms with van der Waals surface area (Å²) in [7, 11) is 0. The molecule has 0 spiro atoms. The Morgan fingerprint density at radius 2 is 2.30 bits per heavy atom. The Balaban J connectivity index is 1.96. The van der Waals surface area contributed by atoms with E-state index in [-0.39, 0.29) is 5.56 Å². The highest BCUT2D eigenvalue weighted by Crippen LogP contribution is 2.20. The molecule has 1 N–H and O–H groups in total. The second-order valence-electron chi connectivity index (χ2n) is 4.68. The van der Waals surface area contributed by atoms with Gasteiger partial charge in [-0.3, -0.25) is 0 Å². The van der Waals surface area contributed by atoms with Gasteiger partial charge in [0.05, 0.1) is 16.3 Å². The van der Waals surface area contributed by atoms with E-state index < -0.39 is 5.97 Å². The van der Waals surface area contributed by atoms with Gasteiger partial charge in [-0.05, 0) is 18.1 Å². The smallest absolute Gasteiger partial charge is 0.335 e. The fourth-order valence-electron chi connectivity index (χ4n) is 1.54. The van der Waals surface area contributed by atoms with Gasteiger partial charge in [0.15, 0.2) is 5.82 Å². The van der Waals surface area contributed by atoms with E-state index >= 15 is 0 Å². The van der Waals surface area contributed by atoms with Gasteiger partial charge >= 0.3 is 5.97 Å². The van der Waals surface area contributed by atoms with Crippen LogP contribution >= 0.6 is 11.8 Å². The van der Waals surface area contributed by atoms with Crippen molar-refractivity contribution in [1.29, 1.82) is 0 Å². The van der Waals surface area contributed by atoms with Crippen molar-refractivity contribution < 1.29 is 14.4 Å². The highest BCUT2D eigenvalue weighted by atomic mass is 32.2. The maximum Gasteiger partial charge on any atom is 0.335 e. The van der Waals surface area contributed by atoms with Crippen molar-refractivity contribution in [3.8, 4) is 0 Å². The van der Waals surface area contributed by atoms with E-state index in [1.807, 2.05) is 0 Å². The second-order valence-corrected chi connectivity index (χ2v) is 5.67. The molecule has 106 valence electrons. The van der Waals surface area contributed by atoms with E-state index in [9.17, 15) is 4.79 Å². The van der Waals surface area contributed by atoms with Gasteiger partial charge < -0.3 is 9.63 Å². The lowest BCUT2D eigenvalue weighted by molar-refractivity contribution is 0.0696. The summed E-state index contributed by atoms with van der Waals surface area (Å²) in [5, 5.41) is 13.4. The van der Waals surface area contributed by atoms with Crippen LogP contribution < -0.4 is 0 Å². The van der Waals surface area contributed by atoms with Gasteiger partial charge in [-0.15, -0.1) is 0 Å². The van der Waals surface area contributed by atoms with Crippen molar-refractivity contribution in [2.24, 2.45) is 5.92 Å². The lowest BCUT2D eigenvalue weighted by atomic mass is 10.1. The molecule has 0 aromatic carbocycles. The fourth-order valence-corrected chi connectivity index (χ4v) is 2.28. The van der Waals surface area contributed by atoms with Crippen LogP contribution in [0.5, 0.6) is 0 Å². The SMILES string of the molecule is CC(C)Cc1nc(CSc2cc(C(=O)O)ccn2)no1. The number of rotatable bonds is 6. The molecule has 20 heavy (non-hydrogen) atoms. The first kappa shape index (κ1) is 14.5. The van der Waals surface area contributed by atoms with Crippen LogP contribution in [-0.2, 0) is 12.2 Å². The van der Waals surface area contributed by atoms with Crippen molar-refractivity contribution in [2.75, 3.05) is 0 Å². The van der Waals surface area contributed by atoms with Crippen LogP contribution in [0.1, 0.15) is 35.9 Å². The zero-order chi connectivity index (χ0) is 14.5. The topological polar surface area (TPSA) is 89.1 Å². The molecule has 0 aliphatic heterocycles. The molecule has 0 aliphatic carbocycles. The summed E-state index contributed by atoms with van der Waals surface area (Å²) in [5.74, 6) is 1.21. The third-order valence-electron chi connectivity index (χ3n) is 2.42. The molecule has 0 unspecified atom stereocenters. The van der Waals surface area contributed by atoms with Crippen LogP contribution in [0.25, 0.3) is 0 Å². The van der Waals surface area contributed by atoms with E-state index in [4.69, 9.17) is 9.63 Å². The van der Waals surface area contributed by atoms with Gasteiger partial charge in [-0.2, -0.15) is 4.98 Å². The molecular formula is C13H15N3O3S. The fraction of sp³-hybridized carbons (Fsp3) is 0.385. The van der Waals surface area contributed by atoms with Gasteiger partial charge in [0.2, 0.25) is 5.89 Å². The van der Waals surface area contributed by atoms with Gasteiger partial charge in [0.25, 0.3) is 0 Å². The maximum atomic E-state index is 10.9. The van der Waals surface area contributed by atoms with Crippen LogP contribution in [-0.4, -0.2) is 26.2 Å². The Morgan fingerprint density at radius 3 is 3.00 bits per heavy atom. The minimum atomic E-state index is -0.965. The molecule has 0 radical (unpaired) electrons. The van der Waals surface area contributed by atoms with E-state index in [1.54, 1.807) is 0 Å². The number of nitrogens with zero attached hydrogens (tertiary/aromatic N) is 3. The Bertz CT molecular complexity index is 598. The third kappa shape index (κ3) is 4.06. The van der Waals surface area contributed by atoms with Crippen molar-refractivity contribution in [3.63, 3.8) is 0 Å². The predicted octanol–water partition coefficient (Wildman–Crippen LogP) is 2.65. The second kappa shape index (κ2) is 6.51. The highest BCUT2D eigenvalue weighted by Gasteiger charge is 2.10. The average Bonchev–Trinajstić information content (AvgIpc) is 2.83. The molecule has 0 saturated heterocycles. The number of carboxylic acid groups (broad SMARTS) is 1. The summed E-state index contributed by atoms with van der Waals surface area (Å²) in [4.78, 5) is 19.2. The van der Waals surface area contributed by atoms with Crippen molar-refractivity contribution in [1.82, 2.24) is 15.1 Å². The minimum Gasteiger partial charge on any atom is -0.478 e. The molecule has 0 amide bonds. The normalized spacial score (nSPS) is 10.9. The number of hydrogen-bond acceptors (Lipinski definition) is 6. The first-order chi connectivity index (χ1) is 9.54. The first-order valence-corrected chi connectivity index (χ1v) is 7.16. The molecule has 0 saturated carbocycles. The molecule has 0 fully saturated rings. The maximum absolute atomic E-state index is 10.9. The molecule has 0 atom stereocenters. The van der Waals surface area contributed by atoms with Crippen molar-refractivity contribution in [3.05, 3.63) is 35.6 Å². The summed E-state index contributed by atoms with van der Waals surface area (Å²) in [5.41, 5.74) is 0.219. The average molecular weight is 293 g/mol. The van der Waals surface area contributed by atoms with E-state index in [1.165, 1.54) is 30.1 Å². The number of aromatic nitrogens is 3. The lowest BCUT2D eigenvalue weighted by Gasteiger charge is -1.99. The summed E-state index contributed by atoms with van der Waals surface area (Å²) >= 11 is 1.38. The molecule has 2 aromatic rings. The van der Waals surface area contributed by atoms with Crippen LogP contribution in [0.15, 0.2) is 27.9 Å². The molecule has 7 heteroatoms. The zero-order valence-corrected chi connectivity index (χ0v) is 12.1. The van der Waals surface area contributed by atoms with Crippen molar-refractivity contribution in [2.45, 2.75) is 31.0 Å². The molecule has 0 aliphatic rings. The van der Waals surface area contributed by atoms with E-state index in [0.717, 1.165) is 6.42 Å². The molecule has 2 rings (SSSR count). The number of pyridine rings is 1. The predicted molar refractivity (Wildman–Crippen MR) is 73.6 cm³/mol. The van der Waals surface area contributed by atoms with Crippen LogP contribution in [0, 0.1) is 5.92 Å². The zero-order valence-electron chi connectivity index (χ0n) is 11.2. The Labute approximate surface area is 120 Å². The van der Waals surface area contributed by atoms with Gasteiger partial charge in [-0.1, -0.05) is 30.8 Å². The minimum absolute atomic E-state index is 0.219.